The number of halogens is 13. The molecule has 17 heteroatoms. The highest BCUT2D eigenvalue weighted by atomic mass is 79.9. The van der Waals surface area contributed by atoms with E-state index in [4.69, 9.17) is 0 Å². The van der Waals surface area contributed by atoms with Crippen LogP contribution in [0, 0.1) is 11.6 Å². The van der Waals surface area contributed by atoms with Gasteiger partial charge in [-0.15, -0.1) is 0 Å². The van der Waals surface area contributed by atoms with Gasteiger partial charge in [0.15, 0.2) is 5.82 Å². The summed E-state index contributed by atoms with van der Waals surface area (Å²) in [5.41, 5.74) is -14.9. The van der Waals surface area contributed by atoms with Crippen LogP contribution in [-0.2, 0) is 11.8 Å². The minimum atomic E-state index is -6.74. The third kappa shape index (κ3) is 6.13. The van der Waals surface area contributed by atoms with Gasteiger partial charge < -0.3 is 10.6 Å². The van der Waals surface area contributed by atoms with Crippen molar-refractivity contribution in [3.63, 3.8) is 0 Å². The molecule has 2 N–H and O–H groups in total. The molecule has 0 fully saturated rings. The summed E-state index contributed by atoms with van der Waals surface area (Å²) in [4.78, 5) is 25.0. The van der Waals surface area contributed by atoms with Crippen molar-refractivity contribution >= 4 is 39.1 Å². The number of amides is 2. The first-order valence-electron chi connectivity index (χ1n) is 10.6. The van der Waals surface area contributed by atoms with Crippen molar-refractivity contribution in [2.75, 3.05) is 10.6 Å². The standard InChI is InChI=1S/C24H11BrF12N2O2/c25-14-9-10(21(28,23(32,33)34)24(35,36)37)8-13(22(29,30)31)18(14)39-20(41)12-5-3-7-16(17(12)27)38-19(40)11-4-1-2-6-15(11)26/h1-9H,(H,38,40)(H,39,41). The number of hydrogen-bond acceptors (Lipinski definition) is 2. The highest BCUT2D eigenvalue weighted by Crippen LogP contribution is 2.55. The lowest BCUT2D eigenvalue weighted by molar-refractivity contribution is -0.348. The van der Waals surface area contributed by atoms with E-state index in [2.05, 4.69) is 15.9 Å². The van der Waals surface area contributed by atoms with Crippen molar-refractivity contribution in [3.05, 3.63) is 93.0 Å². The number of rotatable bonds is 5. The summed E-state index contributed by atoms with van der Waals surface area (Å²) in [7, 11) is 0. The summed E-state index contributed by atoms with van der Waals surface area (Å²) in [6, 6.07) is 5.95. The van der Waals surface area contributed by atoms with Gasteiger partial charge in [0, 0.05) is 10.0 Å². The topological polar surface area (TPSA) is 58.2 Å². The van der Waals surface area contributed by atoms with Crippen LogP contribution < -0.4 is 10.6 Å². The number of benzene rings is 3. The quantitative estimate of drug-likeness (QED) is 0.268. The minimum absolute atomic E-state index is 0.271. The van der Waals surface area contributed by atoms with E-state index in [0.29, 0.717) is 6.07 Å². The molecule has 3 aromatic carbocycles. The average Bonchev–Trinajstić information content (AvgIpc) is 2.83. The molecule has 3 aromatic rings. The van der Waals surface area contributed by atoms with Crippen LogP contribution in [0.5, 0.6) is 0 Å². The number of nitrogens with one attached hydrogen (secondary N) is 2. The molecular weight excluding hydrogens is 656 g/mol. The maximum atomic E-state index is 15.0. The molecule has 0 heterocycles. The zero-order chi connectivity index (χ0) is 31.1. The van der Waals surface area contributed by atoms with E-state index in [-0.39, 0.29) is 6.07 Å². The Kier molecular flexibility index (Phi) is 8.45. The first kappa shape index (κ1) is 31.8. The molecule has 0 spiro atoms. The van der Waals surface area contributed by atoms with E-state index in [1.54, 1.807) is 0 Å². The average molecular weight is 667 g/mol. The summed E-state index contributed by atoms with van der Waals surface area (Å²) in [5.74, 6) is -5.43. The van der Waals surface area contributed by atoms with Gasteiger partial charge in [-0.2, -0.15) is 39.5 Å². The fourth-order valence-corrected chi connectivity index (χ4v) is 4.02. The molecule has 41 heavy (non-hydrogen) atoms. The van der Waals surface area contributed by atoms with Gasteiger partial charge in [0.1, 0.15) is 5.82 Å². The summed E-state index contributed by atoms with van der Waals surface area (Å²) >= 11 is 2.31. The zero-order valence-corrected chi connectivity index (χ0v) is 21.0. The lowest BCUT2D eigenvalue weighted by atomic mass is 9.92. The van der Waals surface area contributed by atoms with Crippen LogP contribution in [0.2, 0.25) is 0 Å². The number of carbonyl (C=O) groups is 2. The van der Waals surface area contributed by atoms with Crippen molar-refractivity contribution in [2.24, 2.45) is 0 Å². The van der Waals surface area contributed by atoms with Gasteiger partial charge in [-0.05, 0) is 52.3 Å². The lowest BCUT2D eigenvalue weighted by Crippen LogP contribution is -2.50. The predicted molar refractivity (Wildman–Crippen MR) is 123 cm³/mol. The van der Waals surface area contributed by atoms with Crippen molar-refractivity contribution < 1.29 is 62.3 Å². The second-order valence-corrected chi connectivity index (χ2v) is 8.94. The second-order valence-electron chi connectivity index (χ2n) is 8.09. The normalized spacial score (nSPS) is 12.7. The number of carbonyl (C=O) groups excluding carboxylic acids is 2. The predicted octanol–water partition coefficient (Wildman–Crippen LogP) is 8.54. The molecule has 0 aliphatic carbocycles. The monoisotopic (exact) mass is 666 g/mol. The molecule has 220 valence electrons. The van der Waals surface area contributed by atoms with E-state index < -0.39 is 91.8 Å². The second kappa shape index (κ2) is 10.9. The van der Waals surface area contributed by atoms with Gasteiger partial charge in [-0.1, -0.05) is 18.2 Å². The Morgan fingerprint density at radius 2 is 1.22 bits per heavy atom. The fourth-order valence-electron chi connectivity index (χ4n) is 3.46. The Hall–Kier alpha value is -3.76. The van der Waals surface area contributed by atoms with E-state index in [9.17, 15) is 57.9 Å². The van der Waals surface area contributed by atoms with Crippen molar-refractivity contribution in [3.8, 4) is 0 Å². The van der Waals surface area contributed by atoms with Crippen LogP contribution >= 0.6 is 15.9 Å². The summed E-state index contributed by atoms with van der Waals surface area (Å²) in [5, 5.41) is 3.46. The summed E-state index contributed by atoms with van der Waals surface area (Å²) in [6.07, 6.45) is -19.2. The Morgan fingerprint density at radius 1 is 0.683 bits per heavy atom. The van der Waals surface area contributed by atoms with Crippen LogP contribution in [0.25, 0.3) is 0 Å². The highest BCUT2D eigenvalue weighted by Gasteiger charge is 2.73. The third-order valence-corrected chi connectivity index (χ3v) is 6.05. The van der Waals surface area contributed by atoms with Crippen LogP contribution in [-0.4, -0.2) is 24.2 Å². The van der Waals surface area contributed by atoms with Gasteiger partial charge in [0.2, 0.25) is 0 Å². The van der Waals surface area contributed by atoms with Gasteiger partial charge in [0.05, 0.1) is 28.1 Å². The molecule has 0 atom stereocenters. The molecular formula is C24H11BrF12N2O2. The zero-order valence-electron chi connectivity index (χ0n) is 19.4. The van der Waals surface area contributed by atoms with Crippen LogP contribution in [0.4, 0.5) is 64.1 Å². The Balaban J connectivity index is 2.05. The molecule has 3 rings (SSSR count). The molecule has 0 aliphatic heterocycles. The smallest absolute Gasteiger partial charge is 0.320 e. The SMILES string of the molecule is O=C(Nc1cccc(C(=O)Nc2c(Br)cc(C(F)(C(F)(F)F)C(F)(F)F)cc2C(F)(F)F)c1F)c1ccccc1F. The van der Waals surface area contributed by atoms with Crippen LogP contribution in [0.1, 0.15) is 31.8 Å². The Labute approximate surface area is 229 Å². The van der Waals surface area contributed by atoms with E-state index in [1.807, 2.05) is 5.32 Å². The van der Waals surface area contributed by atoms with Gasteiger partial charge in [-0.3, -0.25) is 9.59 Å². The van der Waals surface area contributed by atoms with Gasteiger partial charge >= 0.3 is 24.2 Å². The van der Waals surface area contributed by atoms with Crippen LogP contribution in [0.15, 0.2) is 59.1 Å². The van der Waals surface area contributed by atoms with Gasteiger partial charge in [0.25, 0.3) is 11.8 Å². The fraction of sp³-hybridized carbons (Fsp3) is 0.167. The molecule has 0 radical (unpaired) electrons. The highest BCUT2D eigenvalue weighted by molar-refractivity contribution is 9.10. The maximum Gasteiger partial charge on any atom is 0.435 e. The molecule has 0 saturated carbocycles. The summed E-state index contributed by atoms with van der Waals surface area (Å²) < 4.78 is 162. The van der Waals surface area contributed by atoms with Crippen LogP contribution in [0.3, 0.4) is 0 Å². The number of alkyl halides is 10. The Morgan fingerprint density at radius 3 is 1.76 bits per heavy atom. The van der Waals surface area contributed by atoms with Crippen molar-refractivity contribution in [1.29, 1.82) is 0 Å². The third-order valence-electron chi connectivity index (χ3n) is 5.42. The first-order chi connectivity index (χ1) is 18.7. The lowest BCUT2D eigenvalue weighted by Gasteiger charge is -2.31. The largest absolute Gasteiger partial charge is 0.435 e. The molecule has 0 aliphatic rings. The summed E-state index contributed by atoms with van der Waals surface area (Å²) in [6.45, 7) is 0. The number of anilines is 2. The molecule has 0 saturated heterocycles. The molecule has 0 bridgehead atoms. The maximum absolute atomic E-state index is 15.0. The van der Waals surface area contributed by atoms with Gasteiger partial charge in [-0.25, -0.2) is 13.2 Å². The van der Waals surface area contributed by atoms with E-state index in [1.165, 1.54) is 17.4 Å². The molecule has 0 aromatic heterocycles. The minimum Gasteiger partial charge on any atom is -0.320 e. The van der Waals surface area contributed by atoms with E-state index in [0.717, 1.165) is 24.3 Å². The van der Waals surface area contributed by atoms with E-state index >= 15 is 4.39 Å². The van der Waals surface area contributed by atoms with Crippen molar-refractivity contribution in [2.45, 2.75) is 24.2 Å². The molecule has 0 unspecified atom stereocenters. The molecule has 2 amide bonds. The first-order valence-corrected chi connectivity index (χ1v) is 11.4. The molecule has 4 nitrogen and oxygen atoms in total. The number of hydrogen-bond donors (Lipinski definition) is 2. The Bertz CT molecular complexity index is 1490. The van der Waals surface area contributed by atoms with Crippen molar-refractivity contribution in [1.82, 2.24) is 0 Å².